The van der Waals surface area contributed by atoms with Crippen molar-refractivity contribution in [3.63, 3.8) is 0 Å². The van der Waals surface area contributed by atoms with Gasteiger partial charge in [0.25, 0.3) is 5.89 Å². The molecule has 0 bridgehead atoms. The summed E-state index contributed by atoms with van der Waals surface area (Å²) in [6.07, 6.45) is 2.42. The van der Waals surface area contributed by atoms with E-state index in [1.165, 1.54) is 0 Å². The van der Waals surface area contributed by atoms with Gasteiger partial charge in [0.2, 0.25) is 5.91 Å². The summed E-state index contributed by atoms with van der Waals surface area (Å²) in [5, 5.41) is 4.15. The van der Waals surface area contributed by atoms with Crippen LogP contribution in [0.5, 0.6) is 0 Å². The van der Waals surface area contributed by atoms with Crippen LogP contribution in [0.2, 0.25) is 0 Å². The Balaban J connectivity index is 1.52. The maximum atomic E-state index is 12.6. The van der Waals surface area contributed by atoms with E-state index in [0.717, 1.165) is 21.8 Å². The number of hydrogen-bond donors (Lipinski definition) is 0. The Bertz CT molecular complexity index is 984. The maximum Gasteiger partial charge on any atom is 0.257 e. The molecule has 0 N–H and O–H groups in total. The summed E-state index contributed by atoms with van der Waals surface area (Å²) in [7, 11) is 4.00. The fourth-order valence-electron chi connectivity index (χ4n) is 3.33. The Hall–Kier alpha value is -2.80. The molecule has 1 aromatic heterocycles. The van der Waals surface area contributed by atoms with Gasteiger partial charge in [-0.05, 0) is 48.7 Å². The van der Waals surface area contributed by atoms with Crippen LogP contribution in [0.25, 0.3) is 11.5 Å². The van der Waals surface area contributed by atoms with Crippen molar-refractivity contribution in [2.24, 2.45) is 0 Å². The monoisotopic (exact) mass is 394 g/mol. The smallest absolute Gasteiger partial charge is 0.257 e. The van der Waals surface area contributed by atoms with Gasteiger partial charge >= 0.3 is 0 Å². The van der Waals surface area contributed by atoms with Gasteiger partial charge in [-0.15, -0.1) is 11.8 Å². The lowest BCUT2D eigenvalue weighted by molar-refractivity contribution is -0.117. The van der Waals surface area contributed by atoms with Crippen molar-refractivity contribution in [1.82, 2.24) is 10.1 Å². The fourth-order valence-corrected chi connectivity index (χ4v) is 3.78. The Morgan fingerprint density at radius 2 is 1.96 bits per heavy atom. The van der Waals surface area contributed by atoms with E-state index in [1.54, 1.807) is 11.8 Å². The Morgan fingerprint density at radius 1 is 1.18 bits per heavy atom. The zero-order valence-corrected chi connectivity index (χ0v) is 16.9. The van der Waals surface area contributed by atoms with E-state index in [-0.39, 0.29) is 11.8 Å². The molecule has 2 heterocycles. The van der Waals surface area contributed by atoms with Crippen LogP contribution >= 0.6 is 11.8 Å². The average molecular weight is 395 g/mol. The summed E-state index contributed by atoms with van der Waals surface area (Å²) < 4.78 is 5.47. The summed E-state index contributed by atoms with van der Waals surface area (Å²) in [6.45, 7) is 0.565. The number of rotatable bonds is 5. The van der Waals surface area contributed by atoms with Gasteiger partial charge in [-0.2, -0.15) is 4.98 Å². The minimum absolute atomic E-state index is 0.0658. The summed E-state index contributed by atoms with van der Waals surface area (Å²) >= 11 is 1.66. The van der Waals surface area contributed by atoms with Gasteiger partial charge in [-0.25, -0.2) is 0 Å². The number of nitrogens with zero attached hydrogens (tertiary/aromatic N) is 4. The molecule has 3 aromatic rings. The van der Waals surface area contributed by atoms with Gasteiger partial charge in [0, 0.05) is 54.8 Å². The highest BCUT2D eigenvalue weighted by Crippen LogP contribution is 2.33. The van der Waals surface area contributed by atoms with E-state index in [9.17, 15) is 4.79 Å². The van der Waals surface area contributed by atoms with Gasteiger partial charge in [-0.1, -0.05) is 11.2 Å². The van der Waals surface area contributed by atoms with E-state index in [2.05, 4.69) is 10.1 Å². The average Bonchev–Trinajstić information content (AvgIpc) is 3.35. The van der Waals surface area contributed by atoms with Gasteiger partial charge in [0.05, 0.1) is 0 Å². The van der Waals surface area contributed by atoms with Crippen LogP contribution < -0.4 is 9.80 Å². The number of thioether (sulfide) groups is 1. The van der Waals surface area contributed by atoms with Crippen LogP contribution in [0.1, 0.15) is 18.2 Å². The first-order valence-electron chi connectivity index (χ1n) is 9.11. The number of carbonyl (C=O) groups is 1. The van der Waals surface area contributed by atoms with E-state index in [1.807, 2.05) is 78.7 Å². The third kappa shape index (κ3) is 3.62. The third-order valence-electron chi connectivity index (χ3n) is 4.93. The Labute approximate surface area is 168 Å². The van der Waals surface area contributed by atoms with Gasteiger partial charge in [0.15, 0.2) is 5.82 Å². The topological polar surface area (TPSA) is 62.5 Å². The fraction of sp³-hybridized carbons (Fsp3) is 0.286. The Morgan fingerprint density at radius 3 is 2.68 bits per heavy atom. The number of anilines is 2. The quantitative estimate of drug-likeness (QED) is 0.609. The molecule has 0 saturated carbocycles. The summed E-state index contributed by atoms with van der Waals surface area (Å²) in [5.41, 5.74) is 2.90. The standard InChI is InChI=1S/C21H22N4O2S/c1-24(2)16-9-7-14(8-10-16)21-22-20(23-27-21)15-11-19(26)25(13-15)17-5-4-6-18(12-17)28-3/h4-10,12,15H,11,13H2,1-3H3. The number of hydrogen-bond acceptors (Lipinski definition) is 6. The minimum Gasteiger partial charge on any atom is -0.378 e. The van der Waals surface area contributed by atoms with Crippen LogP contribution in [0.3, 0.4) is 0 Å². The maximum absolute atomic E-state index is 12.6. The van der Waals surface area contributed by atoms with Gasteiger partial charge in [-0.3, -0.25) is 4.79 Å². The molecule has 144 valence electrons. The first-order chi connectivity index (χ1) is 13.5. The third-order valence-corrected chi connectivity index (χ3v) is 5.65. The molecule has 0 aliphatic carbocycles. The molecule has 1 unspecified atom stereocenters. The van der Waals surface area contributed by atoms with Crippen LogP contribution in [0.15, 0.2) is 57.9 Å². The second kappa shape index (κ2) is 7.67. The Kier molecular flexibility index (Phi) is 5.09. The second-order valence-corrected chi connectivity index (χ2v) is 7.89. The van der Waals surface area contributed by atoms with Crippen molar-refractivity contribution in [2.75, 3.05) is 36.7 Å². The predicted octanol–water partition coefficient (Wildman–Crippen LogP) is 4.05. The van der Waals surface area contributed by atoms with Crippen LogP contribution in [-0.2, 0) is 4.79 Å². The zero-order valence-electron chi connectivity index (χ0n) is 16.1. The number of benzene rings is 2. The molecule has 6 nitrogen and oxygen atoms in total. The molecule has 0 radical (unpaired) electrons. The number of aromatic nitrogens is 2. The lowest BCUT2D eigenvalue weighted by atomic mass is 10.1. The molecule has 1 fully saturated rings. The molecular weight excluding hydrogens is 372 g/mol. The van der Waals surface area contributed by atoms with Crippen molar-refractivity contribution in [2.45, 2.75) is 17.2 Å². The summed E-state index contributed by atoms with van der Waals surface area (Å²) in [6, 6.07) is 16.0. The molecular formula is C21H22N4O2S. The molecule has 1 atom stereocenters. The first-order valence-corrected chi connectivity index (χ1v) is 10.3. The van der Waals surface area contributed by atoms with Crippen LogP contribution in [0.4, 0.5) is 11.4 Å². The highest BCUT2D eigenvalue weighted by Gasteiger charge is 2.34. The van der Waals surface area contributed by atoms with E-state index in [0.29, 0.717) is 24.7 Å². The normalized spacial score (nSPS) is 16.6. The number of amides is 1. The highest BCUT2D eigenvalue weighted by atomic mass is 32.2. The van der Waals surface area contributed by atoms with Crippen LogP contribution in [0, 0.1) is 0 Å². The largest absolute Gasteiger partial charge is 0.378 e. The van der Waals surface area contributed by atoms with Crippen molar-refractivity contribution in [1.29, 1.82) is 0 Å². The molecule has 28 heavy (non-hydrogen) atoms. The molecule has 1 aliphatic heterocycles. The number of carbonyl (C=O) groups excluding carboxylic acids is 1. The highest BCUT2D eigenvalue weighted by molar-refractivity contribution is 7.98. The molecule has 1 amide bonds. The van der Waals surface area contributed by atoms with Gasteiger partial charge < -0.3 is 14.3 Å². The lowest BCUT2D eigenvalue weighted by Crippen LogP contribution is -2.24. The van der Waals surface area contributed by atoms with Crippen molar-refractivity contribution >= 4 is 29.0 Å². The zero-order chi connectivity index (χ0) is 19.7. The van der Waals surface area contributed by atoms with E-state index in [4.69, 9.17) is 4.52 Å². The van der Waals surface area contributed by atoms with E-state index < -0.39 is 0 Å². The molecule has 2 aromatic carbocycles. The second-order valence-electron chi connectivity index (χ2n) is 7.01. The SMILES string of the molecule is CSc1cccc(N2CC(c3noc(-c4ccc(N(C)C)cc4)n3)CC2=O)c1. The molecule has 0 spiro atoms. The van der Waals surface area contributed by atoms with E-state index >= 15 is 0 Å². The first kappa shape index (κ1) is 18.6. The minimum atomic E-state index is -0.0658. The molecule has 1 saturated heterocycles. The predicted molar refractivity (Wildman–Crippen MR) is 112 cm³/mol. The lowest BCUT2D eigenvalue weighted by Gasteiger charge is -2.16. The molecule has 7 heteroatoms. The molecule has 4 rings (SSSR count). The summed E-state index contributed by atoms with van der Waals surface area (Å²) in [5.74, 6) is 1.09. The summed E-state index contributed by atoms with van der Waals surface area (Å²) in [4.78, 5) is 22.1. The van der Waals surface area contributed by atoms with Crippen molar-refractivity contribution in [3.8, 4) is 11.5 Å². The van der Waals surface area contributed by atoms with Crippen molar-refractivity contribution < 1.29 is 9.32 Å². The van der Waals surface area contributed by atoms with Gasteiger partial charge in [0.1, 0.15) is 0 Å². The molecule has 1 aliphatic rings. The van der Waals surface area contributed by atoms with Crippen LogP contribution in [-0.4, -0.2) is 42.9 Å². The van der Waals surface area contributed by atoms with Crippen molar-refractivity contribution in [3.05, 3.63) is 54.4 Å².